The minimum absolute atomic E-state index is 0.0873. The minimum Gasteiger partial charge on any atom is -0.481 e. The van der Waals surface area contributed by atoms with Gasteiger partial charge in [-0.2, -0.15) is 0 Å². The van der Waals surface area contributed by atoms with Crippen molar-refractivity contribution < 1.29 is 19.1 Å². The van der Waals surface area contributed by atoms with Gasteiger partial charge in [0.1, 0.15) is 5.82 Å². The van der Waals surface area contributed by atoms with Crippen LogP contribution in [0.1, 0.15) is 24.9 Å². The summed E-state index contributed by atoms with van der Waals surface area (Å²) in [6.45, 7) is 2.04. The van der Waals surface area contributed by atoms with Crippen molar-refractivity contribution in [1.82, 2.24) is 4.90 Å². The largest absolute Gasteiger partial charge is 0.481 e. The van der Waals surface area contributed by atoms with Crippen LogP contribution in [-0.2, 0) is 9.59 Å². The number of amides is 1. The first kappa shape index (κ1) is 13.8. The number of rotatable bonds is 3. The summed E-state index contributed by atoms with van der Waals surface area (Å²) in [5.41, 5.74) is 0.0873. The predicted molar refractivity (Wildman–Crippen MR) is 67.3 cm³/mol. The lowest BCUT2D eigenvalue weighted by Crippen LogP contribution is -2.31. The number of hydrogen-bond acceptors (Lipinski definition) is 2. The van der Waals surface area contributed by atoms with E-state index in [2.05, 4.69) is 0 Å². The lowest BCUT2D eigenvalue weighted by Gasteiger charge is -2.27. The maximum atomic E-state index is 14.0. The molecule has 0 spiro atoms. The van der Waals surface area contributed by atoms with E-state index in [-0.39, 0.29) is 22.9 Å². The number of carboxylic acid groups (broad SMARTS) is 1. The zero-order valence-corrected chi connectivity index (χ0v) is 11.0. The van der Waals surface area contributed by atoms with E-state index in [1.54, 1.807) is 6.92 Å². The monoisotopic (exact) mass is 285 g/mol. The van der Waals surface area contributed by atoms with Crippen molar-refractivity contribution in [3.05, 3.63) is 34.6 Å². The molecule has 0 saturated carbocycles. The van der Waals surface area contributed by atoms with Crippen molar-refractivity contribution in [3.63, 3.8) is 0 Å². The van der Waals surface area contributed by atoms with Gasteiger partial charge in [0.2, 0.25) is 5.91 Å². The molecule has 0 aliphatic carbocycles. The lowest BCUT2D eigenvalue weighted by atomic mass is 9.93. The zero-order chi connectivity index (χ0) is 14.2. The van der Waals surface area contributed by atoms with Crippen molar-refractivity contribution in [2.45, 2.75) is 19.4 Å². The SMILES string of the molecule is CCN1C(=O)CC(C(=O)O)C1c1c(F)cccc1Cl. The number of aliphatic carboxylic acids is 1. The van der Waals surface area contributed by atoms with Gasteiger partial charge in [0.25, 0.3) is 0 Å². The van der Waals surface area contributed by atoms with E-state index in [0.717, 1.165) is 0 Å². The maximum absolute atomic E-state index is 14.0. The van der Waals surface area contributed by atoms with E-state index in [1.165, 1.54) is 23.1 Å². The lowest BCUT2D eigenvalue weighted by molar-refractivity contribution is -0.142. The van der Waals surface area contributed by atoms with Gasteiger partial charge in [0, 0.05) is 23.6 Å². The summed E-state index contributed by atoms with van der Waals surface area (Å²) in [5.74, 6) is -2.97. The maximum Gasteiger partial charge on any atom is 0.309 e. The van der Waals surface area contributed by atoms with Crippen molar-refractivity contribution >= 4 is 23.5 Å². The third-order valence-electron chi connectivity index (χ3n) is 3.39. The normalized spacial score (nSPS) is 22.9. The second-order valence-electron chi connectivity index (χ2n) is 4.41. The topological polar surface area (TPSA) is 57.6 Å². The Morgan fingerprint density at radius 2 is 2.26 bits per heavy atom. The molecule has 1 heterocycles. The van der Waals surface area contributed by atoms with Crippen LogP contribution in [0.3, 0.4) is 0 Å². The molecule has 1 fully saturated rings. The Bertz CT molecular complexity index is 514. The van der Waals surface area contributed by atoms with Gasteiger partial charge in [-0.1, -0.05) is 17.7 Å². The van der Waals surface area contributed by atoms with Gasteiger partial charge in [-0.25, -0.2) is 4.39 Å². The van der Waals surface area contributed by atoms with Crippen molar-refractivity contribution in [1.29, 1.82) is 0 Å². The molecule has 1 aliphatic heterocycles. The Morgan fingerprint density at radius 3 is 2.79 bits per heavy atom. The highest BCUT2D eigenvalue weighted by atomic mass is 35.5. The summed E-state index contributed by atoms with van der Waals surface area (Å²) in [5, 5.41) is 9.36. The molecule has 2 rings (SSSR count). The second kappa shape index (κ2) is 5.17. The van der Waals surface area contributed by atoms with E-state index in [9.17, 15) is 19.1 Å². The fourth-order valence-electron chi connectivity index (χ4n) is 2.54. The first-order chi connectivity index (χ1) is 8.97. The molecule has 4 nitrogen and oxygen atoms in total. The Morgan fingerprint density at radius 1 is 1.58 bits per heavy atom. The van der Waals surface area contributed by atoms with E-state index in [1.807, 2.05) is 0 Å². The fraction of sp³-hybridized carbons (Fsp3) is 0.385. The minimum atomic E-state index is -1.12. The van der Waals surface area contributed by atoms with E-state index >= 15 is 0 Å². The first-order valence-electron chi connectivity index (χ1n) is 5.93. The molecule has 2 atom stereocenters. The number of nitrogens with zero attached hydrogens (tertiary/aromatic N) is 1. The standard InChI is InChI=1S/C13H13ClFNO3/c1-2-16-10(17)6-7(13(18)19)12(16)11-8(14)4-3-5-9(11)15/h3-5,7,12H,2,6H2,1H3,(H,18,19). The van der Waals surface area contributed by atoms with Crippen molar-refractivity contribution in [2.75, 3.05) is 6.54 Å². The summed E-state index contributed by atoms with van der Waals surface area (Å²) < 4.78 is 14.0. The summed E-state index contributed by atoms with van der Waals surface area (Å²) in [6, 6.07) is 3.32. The molecule has 19 heavy (non-hydrogen) atoms. The molecular weight excluding hydrogens is 273 g/mol. The van der Waals surface area contributed by atoms with Crippen molar-refractivity contribution in [3.8, 4) is 0 Å². The number of carboxylic acids is 1. The quantitative estimate of drug-likeness (QED) is 0.928. The van der Waals surface area contributed by atoms with Crippen LogP contribution in [0, 0.1) is 11.7 Å². The first-order valence-corrected chi connectivity index (χ1v) is 6.31. The number of likely N-dealkylation sites (tertiary alicyclic amines) is 1. The molecule has 1 aromatic carbocycles. The smallest absolute Gasteiger partial charge is 0.309 e. The van der Waals surface area contributed by atoms with Crippen LogP contribution in [-0.4, -0.2) is 28.4 Å². The zero-order valence-electron chi connectivity index (χ0n) is 10.3. The van der Waals surface area contributed by atoms with Crippen LogP contribution in [0.2, 0.25) is 5.02 Å². The summed E-state index contributed by atoms with van der Waals surface area (Å²) >= 11 is 5.98. The third kappa shape index (κ3) is 2.30. The second-order valence-corrected chi connectivity index (χ2v) is 4.82. The molecule has 1 amide bonds. The molecule has 0 bridgehead atoms. The van der Waals surface area contributed by atoms with Gasteiger partial charge in [0.15, 0.2) is 0 Å². The van der Waals surface area contributed by atoms with Crippen LogP contribution >= 0.6 is 11.6 Å². The van der Waals surface area contributed by atoms with Crippen LogP contribution in [0.25, 0.3) is 0 Å². The Kier molecular flexibility index (Phi) is 3.75. The highest BCUT2D eigenvalue weighted by Gasteiger charge is 2.45. The van der Waals surface area contributed by atoms with Gasteiger partial charge in [-0.3, -0.25) is 9.59 Å². The molecule has 6 heteroatoms. The van der Waals surface area contributed by atoms with Gasteiger partial charge >= 0.3 is 5.97 Å². The molecule has 102 valence electrons. The average molecular weight is 286 g/mol. The Balaban J connectivity index is 2.55. The number of carbonyl (C=O) groups is 2. The van der Waals surface area contributed by atoms with Crippen LogP contribution in [0.15, 0.2) is 18.2 Å². The molecule has 0 radical (unpaired) electrons. The van der Waals surface area contributed by atoms with Crippen LogP contribution in [0.5, 0.6) is 0 Å². The number of hydrogen-bond donors (Lipinski definition) is 1. The van der Waals surface area contributed by atoms with E-state index in [4.69, 9.17) is 11.6 Å². The highest BCUT2D eigenvalue weighted by Crippen LogP contribution is 2.41. The highest BCUT2D eigenvalue weighted by molar-refractivity contribution is 6.31. The van der Waals surface area contributed by atoms with Crippen molar-refractivity contribution in [2.24, 2.45) is 5.92 Å². The Hall–Kier alpha value is -1.62. The molecule has 1 saturated heterocycles. The molecule has 1 aliphatic rings. The summed E-state index contributed by atoms with van der Waals surface area (Å²) in [6.07, 6.45) is -0.126. The fourth-order valence-corrected chi connectivity index (χ4v) is 2.81. The molecule has 1 aromatic rings. The average Bonchev–Trinajstić information content (AvgIpc) is 2.66. The molecule has 1 N–H and O–H groups in total. The summed E-state index contributed by atoms with van der Waals surface area (Å²) in [4.78, 5) is 24.5. The molecule has 2 unspecified atom stereocenters. The number of benzene rings is 1. The van der Waals surface area contributed by atoms with Gasteiger partial charge in [0.05, 0.1) is 12.0 Å². The molecule has 0 aromatic heterocycles. The molecular formula is C13H13ClFNO3. The van der Waals surface area contributed by atoms with Gasteiger partial charge < -0.3 is 10.0 Å². The van der Waals surface area contributed by atoms with Gasteiger partial charge in [-0.05, 0) is 19.1 Å². The van der Waals surface area contributed by atoms with Crippen LogP contribution < -0.4 is 0 Å². The number of halogens is 2. The third-order valence-corrected chi connectivity index (χ3v) is 3.71. The predicted octanol–water partition coefficient (Wildman–Crippen LogP) is 2.47. The number of carbonyl (C=O) groups excluding carboxylic acids is 1. The van der Waals surface area contributed by atoms with Crippen LogP contribution in [0.4, 0.5) is 4.39 Å². The van der Waals surface area contributed by atoms with E-state index < -0.39 is 23.7 Å². The summed E-state index contributed by atoms with van der Waals surface area (Å²) in [7, 11) is 0. The van der Waals surface area contributed by atoms with Gasteiger partial charge in [-0.15, -0.1) is 0 Å². The Labute approximate surface area is 114 Å². The van der Waals surface area contributed by atoms with E-state index in [0.29, 0.717) is 6.54 Å².